The van der Waals surface area contributed by atoms with Gasteiger partial charge in [-0.15, -0.1) is 0 Å². The first-order valence-electron chi connectivity index (χ1n) is 5.05. The van der Waals surface area contributed by atoms with Crippen molar-refractivity contribution in [1.82, 2.24) is 9.55 Å². The van der Waals surface area contributed by atoms with Crippen LogP contribution in [0.3, 0.4) is 0 Å². The van der Waals surface area contributed by atoms with E-state index in [4.69, 9.17) is 0 Å². The van der Waals surface area contributed by atoms with Crippen LogP contribution in [0.2, 0.25) is 0 Å². The number of aliphatic carboxylic acids is 1. The van der Waals surface area contributed by atoms with E-state index in [-0.39, 0.29) is 0 Å². The number of halogens is 1. The summed E-state index contributed by atoms with van der Waals surface area (Å²) in [7, 11) is 1.71. The van der Waals surface area contributed by atoms with Gasteiger partial charge in [0.25, 0.3) is 0 Å². The molecule has 0 aliphatic carbocycles. The van der Waals surface area contributed by atoms with Crippen LogP contribution in [0.5, 0.6) is 0 Å². The number of benzene rings is 1. The molecule has 2 aromatic rings. The Balaban J connectivity index is 2.50. The van der Waals surface area contributed by atoms with Gasteiger partial charge in [-0.05, 0) is 17.7 Å². The average molecular weight is 234 g/mol. The van der Waals surface area contributed by atoms with E-state index >= 15 is 0 Å². The largest absolute Gasteiger partial charge is 0.480 e. The zero-order valence-electron chi connectivity index (χ0n) is 9.17. The summed E-state index contributed by atoms with van der Waals surface area (Å²) in [5.41, 5.74) is 0.381. The maximum absolute atomic E-state index is 13.1. The molecule has 4 nitrogen and oxygen atoms in total. The third-order valence-electron chi connectivity index (χ3n) is 2.55. The van der Waals surface area contributed by atoms with Crippen LogP contribution in [0, 0.1) is 5.82 Å². The summed E-state index contributed by atoms with van der Waals surface area (Å²) >= 11 is 0. The monoisotopic (exact) mass is 234 g/mol. The number of nitrogens with zero attached hydrogens (tertiary/aromatic N) is 2. The Kier molecular flexibility index (Phi) is 2.91. The SMILES string of the molecule is Cn1ccnc1C(C(=O)O)c1cccc(F)c1. The highest BCUT2D eigenvalue weighted by Gasteiger charge is 2.26. The lowest BCUT2D eigenvalue weighted by molar-refractivity contribution is -0.137. The van der Waals surface area contributed by atoms with Gasteiger partial charge in [-0.3, -0.25) is 4.79 Å². The minimum absolute atomic E-state index is 0.378. The molecule has 1 aromatic carbocycles. The van der Waals surface area contributed by atoms with Gasteiger partial charge in [0.2, 0.25) is 0 Å². The number of rotatable bonds is 3. The molecule has 0 radical (unpaired) electrons. The van der Waals surface area contributed by atoms with Crippen molar-refractivity contribution >= 4 is 5.97 Å². The molecule has 0 saturated carbocycles. The lowest BCUT2D eigenvalue weighted by atomic mass is 9.98. The number of imidazole rings is 1. The fourth-order valence-electron chi connectivity index (χ4n) is 1.74. The van der Waals surface area contributed by atoms with E-state index in [1.807, 2.05) is 0 Å². The number of carbonyl (C=O) groups is 1. The zero-order valence-corrected chi connectivity index (χ0v) is 9.17. The van der Waals surface area contributed by atoms with Gasteiger partial charge in [-0.25, -0.2) is 9.37 Å². The second-order valence-electron chi connectivity index (χ2n) is 3.72. The molecule has 17 heavy (non-hydrogen) atoms. The van der Waals surface area contributed by atoms with Crippen molar-refractivity contribution in [2.24, 2.45) is 7.05 Å². The maximum atomic E-state index is 13.1. The summed E-state index contributed by atoms with van der Waals surface area (Å²) in [5, 5.41) is 9.24. The van der Waals surface area contributed by atoms with Crippen molar-refractivity contribution in [1.29, 1.82) is 0 Å². The van der Waals surface area contributed by atoms with Crippen LogP contribution in [0.15, 0.2) is 36.7 Å². The Labute approximate surface area is 97.3 Å². The summed E-state index contributed by atoms with van der Waals surface area (Å²) in [4.78, 5) is 15.3. The van der Waals surface area contributed by atoms with Crippen LogP contribution in [0.1, 0.15) is 17.3 Å². The third kappa shape index (κ3) is 2.18. The van der Waals surface area contributed by atoms with Gasteiger partial charge in [-0.2, -0.15) is 0 Å². The van der Waals surface area contributed by atoms with Gasteiger partial charge in [0, 0.05) is 19.4 Å². The normalized spacial score (nSPS) is 12.4. The first-order chi connectivity index (χ1) is 8.09. The van der Waals surface area contributed by atoms with Crippen molar-refractivity contribution in [2.45, 2.75) is 5.92 Å². The van der Waals surface area contributed by atoms with Crippen LogP contribution in [-0.2, 0) is 11.8 Å². The van der Waals surface area contributed by atoms with Gasteiger partial charge in [0.05, 0.1) is 0 Å². The highest BCUT2D eigenvalue weighted by atomic mass is 19.1. The van der Waals surface area contributed by atoms with Crippen molar-refractivity contribution in [3.8, 4) is 0 Å². The van der Waals surface area contributed by atoms with E-state index < -0.39 is 17.7 Å². The van der Waals surface area contributed by atoms with E-state index in [2.05, 4.69) is 4.98 Å². The number of aryl methyl sites for hydroxylation is 1. The standard InChI is InChI=1S/C12H11FN2O2/c1-15-6-5-14-11(15)10(12(16)17)8-3-2-4-9(13)7-8/h2-7,10H,1H3,(H,16,17). The molecule has 0 amide bonds. The lowest BCUT2D eigenvalue weighted by Crippen LogP contribution is -2.17. The molecule has 0 aliphatic heterocycles. The summed E-state index contributed by atoms with van der Waals surface area (Å²) in [6, 6.07) is 5.56. The summed E-state index contributed by atoms with van der Waals surface area (Å²) < 4.78 is 14.7. The van der Waals surface area contributed by atoms with E-state index in [1.165, 1.54) is 24.4 Å². The van der Waals surface area contributed by atoms with E-state index in [1.54, 1.807) is 23.9 Å². The molecule has 2 rings (SSSR count). The van der Waals surface area contributed by atoms with E-state index in [0.717, 1.165) is 0 Å². The molecule has 1 heterocycles. The third-order valence-corrected chi connectivity index (χ3v) is 2.55. The molecule has 0 bridgehead atoms. The number of carboxylic acids is 1. The molecule has 1 aromatic heterocycles. The predicted octanol–water partition coefficient (Wildman–Crippen LogP) is 1.78. The van der Waals surface area contributed by atoms with E-state index in [0.29, 0.717) is 11.4 Å². The summed E-state index contributed by atoms with van der Waals surface area (Å²) in [6.45, 7) is 0. The molecule has 1 unspecified atom stereocenters. The molecule has 88 valence electrons. The number of hydrogen-bond acceptors (Lipinski definition) is 2. The van der Waals surface area contributed by atoms with Gasteiger partial charge >= 0.3 is 5.97 Å². The Morgan fingerprint density at radius 3 is 2.82 bits per heavy atom. The lowest BCUT2D eigenvalue weighted by Gasteiger charge is -2.12. The Bertz CT molecular complexity index is 551. The van der Waals surface area contributed by atoms with Crippen molar-refractivity contribution < 1.29 is 14.3 Å². The van der Waals surface area contributed by atoms with Crippen molar-refractivity contribution in [2.75, 3.05) is 0 Å². The molecular weight excluding hydrogens is 223 g/mol. The van der Waals surface area contributed by atoms with E-state index in [9.17, 15) is 14.3 Å². The van der Waals surface area contributed by atoms with Crippen LogP contribution in [0.4, 0.5) is 4.39 Å². The molecule has 0 fully saturated rings. The number of aromatic nitrogens is 2. The predicted molar refractivity (Wildman–Crippen MR) is 59.1 cm³/mol. The fourth-order valence-corrected chi connectivity index (χ4v) is 1.74. The number of hydrogen-bond donors (Lipinski definition) is 1. The van der Waals surface area contributed by atoms with Crippen molar-refractivity contribution in [3.63, 3.8) is 0 Å². The first kappa shape index (κ1) is 11.3. The van der Waals surface area contributed by atoms with Gasteiger partial charge in [0.15, 0.2) is 0 Å². The van der Waals surface area contributed by atoms with Crippen LogP contribution < -0.4 is 0 Å². The second kappa shape index (κ2) is 4.37. The average Bonchev–Trinajstić information content (AvgIpc) is 2.65. The molecule has 1 atom stereocenters. The van der Waals surface area contributed by atoms with Gasteiger partial charge in [0.1, 0.15) is 17.6 Å². The molecule has 1 N–H and O–H groups in total. The molecule has 0 saturated heterocycles. The quantitative estimate of drug-likeness (QED) is 0.880. The maximum Gasteiger partial charge on any atom is 0.318 e. The topological polar surface area (TPSA) is 55.1 Å². The van der Waals surface area contributed by atoms with Crippen LogP contribution >= 0.6 is 0 Å². The minimum atomic E-state index is -1.05. The van der Waals surface area contributed by atoms with Gasteiger partial charge in [-0.1, -0.05) is 12.1 Å². The highest BCUT2D eigenvalue weighted by Crippen LogP contribution is 2.23. The molecule has 0 spiro atoms. The fraction of sp³-hybridized carbons (Fsp3) is 0.167. The number of carboxylic acid groups (broad SMARTS) is 1. The molecule has 0 aliphatic rings. The van der Waals surface area contributed by atoms with Crippen LogP contribution in [0.25, 0.3) is 0 Å². The van der Waals surface area contributed by atoms with Crippen LogP contribution in [-0.4, -0.2) is 20.6 Å². The first-order valence-corrected chi connectivity index (χ1v) is 5.05. The zero-order chi connectivity index (χ0) is 12.4. The second-order valence-corrected chi connectivity index (χ2v) is 3.72. The Morgan fingerprint density at radius 2 is 2.29 bits per heavy atom. The Morgan fingerprint density at radius 1 is 1.53 bits per heavy atom. The molecule has 5 heteroatoms. The minimum Gasteiger partial charge on any atom is -0.480 e. The molecular formula is C12H11FN2O2. The summed E-state index contributed by atoms with van der Waals surface area (Å²) in [6.07, 6.45) is 3.18. The van der Waals surface area contributed by atoms with Crippen molar-refractivity contribution in [3.05, 3.63) is 53.9 Å². The summed E-state index contributed by atoms with van der Waals surface area (Å²) in [5.74, 6) is -2.08. The highest BCUT2D eigenvalue weighted by molar-refractivity contribution is 5.79. The Hall–Kier alpha value is -2.17. The smallest absolute Gasteiger partial charge is 0.318 e. The van der Waals surface area contributed by atoms with Gasteiger partial charge < -0.3 is 9.67 Å².